The molecule has 1 N–H and O–H groups in total. The highest BCUT2D eigenvalue weighted by Crippen LogP contribution is 2.29. The molecule has 1 aliphatic heterocycles. The van der Waals surface area contributed by atoms with Crippen LogP contribution in [0.3, 0.4) is 0 Å². The molecule has 0 spiro atoms. The van der Waals surface area contributed by atoms with Crippen LogP contribution in [-0.2, 0) is 16.2 Å². The number of benzene rings is 3. The minimum absolute atomic E-state index is 0.154. The van der Waals surface area contributed by atoms with Crippen molar-refractivity contribution in [1.29, 1.82) is 0 Å². The lowest BCUT2D eigenvalue weighted by atomic mass is 10.1. The fourth-order valence-electron chi connectivity index (χ4n) is 3.55. The number of carbonyl (C=O) groups is 3. The fourth-order valence-corrected chi connectivity index (χ4v) is 4.33. The zero-order chi connectivity index (χ0) is 26.4. The van der Waals surface area contributed by atoms with E-state index in [4.69, 9.17) is 9.47 Å². The summed E-state index contributed by atoms with van der Waals surface area (Å²) in [6.45, 7) is 3.04. The van der Waals surface area contributed by atoms with Crippen LogP contribution in [0.15, 0.2) is 81.2 Å². The number of rotatable bonds is 9. The van der Waals surface area contributed by atoms with E-state index in [9.17, 15) is 14.4 Å². The quantitative estimate of drug-likeness (QED) is 0.163. The number of hydrogen-bond acceptors (Lipinski definition) is 5. The molecule has 3 aromatic carbocycles. The van der Waals surface area contributed by atoms with Gasteiger partial charge in [0.1, 0.15) is 23.7 Å². The van der Waals surface area contributed by atoms with Crippen molar-refractivity contribution < 1.29 is 23.9 Å². The van der Waals surface area contributed by atoms with Crippen molar-refractivity contribution in [3.63, 3.8) is 0 Å². The summed E-state index contributed by atoms with van der Waals surface area (Å²) in [5, 5.41) is 2.24. The molecule has 0 aliphatic carbocycles. The lowest BCUT2D eigenvalue weighted by molar-refractivity contribution is -0.122. The molecule has 4 amide bonds. The van der Waals surface area contributed by atoms with E-state index in [2.05, 4.69) is 44.1 Å². The predicted octanol–water partition coefficient (Wildman–Crippen LogP) is 6.64. The number of anilines is 1. The minimum atomic E-state index is -0.801. The van der Waals surface area contributed by atoms with E-state index in [0.29, 0.717) is 40.4 Å². The summed E-state index contributed by atoms with van der Waals surface area (Å²) >= 11 is 6.90. The van der Waals surface area contributed by atoms with Crippen LogP contribution in [0.5, 0.6) is 11.5 Å². The third-order valence-corrected chi connectivity index (χ3v) is 6.69. The Labute approximate surface area is 231 Å². The van der Waals surface area contributed by atoms with Crippen molar-refractivity contribution in [1.82, 2.24) is 5.32 Å². The Kier molecular flexibility index (Phi) is 8.78. The highest BCUT2D eigenvalue weighted by Gasteiger charge is 2.36. The lowest BCUT2D eigenvalue weighted by Crippen LogP contribution is -2.54. The van der Waals surface area contributed by atoms with Gasteiger partial charge in [-0.05, 0) is 88.1 Å². The Bertz CT molecular complexity index is 1340. The highest BCUT2D eigenvalue weighted by atomic mass is 79.9. The van der Waals surface area contributed by atoms with Crippen molar-refractivity contribution in [2.24, 2.45) is 0 Å². The zero-order valence-electron chi connectivity index (χ0n) is 20.0. The molecule has 0 aromatic heterocycles. The first-order valence-corrected chi connectivity index (χ1v) is 13.3. The van der Waals surface area contributed by atoms with Crippen molar-refractivity contribution in [3.8, 4) is 11.5 Å². The first kappa shape index (κ1) is 26.6. The summed E-state index contributed by atoms with van der Waals surface area (Å²) in [5.74, 6) is -0.207. The van der Waals surface area contributed by atoms with E-state index in [1.807, 2.05) is 24.3 Å². The monoisotopic (exact) mass is 626 g/mol. The summed E-state index contributed by atoms with van der Waals surface area (Å²) < 4.78 is 13.2. The molecule has 1 saturated heterocycles. The highest BCUT2D eigenvalue weighted by molar-refractivity contribution is 9.10. The van der Waals surface area contributed by atoms with Crippen LogP contribution in [-0.4, -0.2) is 24.5 Å². The van der Waals surface area contributed by atoms with Gasteiger partial charge in [-0.3, -0.25) is 14.9 Å². The van der Waals surface area contributed by atoms with Crippen LogP contribution < -0.4 is 19.7 Å². The molecule has 9 heteroatoms. The molecule has 4 rings (SSSR count). The molecule has 1 heterocycles. The lowest BCUT2D eigenvalue weighted by Gasteiger charge is -2.26. The van der Waals surface area contributed by atoms with Gasteiger partial charge >= 0.3 is 6.03 Å². The predicted molar refractivity (Wildman–Crippen MR) is 148 cm³/mol. The van der Waals surface area contributed by atoms with Gasteiger partial charge in [0.2, 0.25) is 0 Å². The van der Waals surface area contributed by atoms with Crippen LogP contribution in [0.4, 0.5) is 10.5 Å². The van der Waals surface area contributed by atoms with Crippen molar-refractivity contribution >= 4 is 61.5 Å². The third-order valence-electron chi connectivity index (χ3n) is 5.54. The molecule has 0 radical (unpaired) electrons. The topological polar surface area (TPSA) is 84.9 Å². The molecule has 3 aromatic rings. The minimum Gasteiger partial charge on any atom is -0.494 e. The second kappa shape index (κ2) is 12.2. The standard InChI is InChI=1S/C28H24Br2N2O5/c1-2-3-14-36-22-11-9-21(10-12-22)32-27(34)23(26(33)31-28(32)35)15-19-6-13-25(24(30)16-19)37-17-18-4-7-20(29)8-5-18/h4-13,15-16H,2-3,14,17H2,1H3,(H,31,33,35)/b23-15-. The molecule has 7 nitrogen and oxygen atoms in total. The van der Waals surface area contributed by atoms with Crippen LogP contribution in [0.1, 0.15) is 30.9 Å². The number of ether oxygens (including phenoxy) is 2. The Balaban J connectivity index is 1.50. The maximum absolute atomic E-state index is 13.2. The Morgan fingerprint density at radius 3 is 2.32 bits per heavy atom. The van der Waals surface area contributed by atoms with E-state index < -0.39 is 17.8 Å². The van der Waals surface area contributed by atoms with Crippen LogP contribution in [0.2, 0.25) is 0 Å². The molecule has 0 atom stereocenters. The number of halogens is 2. The van der Waals surface area contributed by atoms with Gasteiger partial charge in [-0.25, -0.2) is 9.69 Å². The van der Waals surface area contributed by atoms with Crippen LogP contribution in [0.25, 0.3) is 6.08 Å². The molecule has 190 valence electrons. The molecule has 1 fully saturated rings. The van der Waals surface area contributed by atoms with E-state index in [1.54, 1.807) is 42.5 Å². The zero-order valence-corrected chi connectivity index (χ0v) is 23.2. The summed E-state index contributed by atoms with van der Waals surface area (Å²) in [6.07, 6.45) is 3.39. The van der Waals surface area contributed by atoms with Gasteiger partial charge < -0.3 is 9.47 Å². The number of urea groups is 1. The van der Waals surface area contributed by atoms with Crippen molar-refractivity contribution in [2.75, 3.05) is 11.5 Å². The molecule has 37 heavy (non-hydrogen) atoms. The average molecular weight is 628 g/mol. The van der Waals surface area contributed by atoms with Gasteiger partial charge in [-0.1, -0.05) is 47.5 Å². The van der Waals surface area contributed by atoms with E-state index >= 15 is 0 Å². The van der Waals surface area contributed by atoms with Gasteiger partial charge in [0.15, 0.2) is 0 Å². The van der Waals surface area contributed by atoms with E-state index in [-0.39, 0.29) is 5.57 Å². The number of nitrogens with one attached hydrogen (secondary N) is 1. The smallest absolute Gasteiger partial charge is 0.335 e. The first-order chi connectivity index (χ1) is 17.9. The number of amides is 4. The number of carbonyl (C=O) groups excluding carboxylic acids is 3. The number of barbiturate groups is 1. The second-order valence-electron chi connectivity index (χ2n) is 8.26. The Morgan fingerprint density at radius 1 is 0.919 bits per heavy atom. The van der Waals surface area contributed by atoms with Crippen LogP contribution >= 0.6 is 31.9 Å². The van der Waals surface area contributed by atoms with Gasteiger partial charge in [-0.15, -0.1) is 0 Å². The number of hydrogen-bond donors (Lipinski definition) is 1. The molecular weight excluding hydrogens is 604 g/mol. The van der Waals surface area contributed by atoms with Crippen molar-refractivity contribution in [3.05, 3.63) is 92.4 Å². The van der Waals surface area contributed by atoms with Crippen LogP contribution in [0, 0.1) is 0 Å². The van der Waals surface area contributed by atoms with Gasteiger partial charge in [0, 0.05) is 4.47 Å². The SMILES string of the molecule is CCCCOc1ccc(N2C(=O)NC(=O)/C(=C/c3ccc(OCc4ccc(Br)cc4)c(Br)c3)C2=O)cc1. The third kappa shape index (κ3) is 6.67. The van der Waals surface area contributed by atoms with Gasteiger partial charge in [0.25, 0.3) is 11.8 Å². The largest absolute Gasteiger partial charge is 0.494 e. The summed E-state index contributed by atoms with van der Waals surface area (Å²) in [5.41, 5.74) is 1.78. The number of nitrogens with zero attached hydrogens (tertiary/aromatic N) is 1. The Hall–Kier alpha value is -3.43. The van der Waals surface area contributed by atoms with Crippen molar-refractivity contribution in [2.45, 2.75) is 26.4 Å². The molecule has 1 aliphatic rings. The average Bonchev–Trinajstić information content (AvgIpc) is 2.88. The Morgan fingerprint density at radius 2 is 1.65 bits per heavy atom. The number of imide groups is 2. The summed E-state index contributed by atoms with van der Waals surface area (Å²) in [4.78, 5) is 39.2. The normalized spacial score (nSPS) is 14.6. The van der Waals surface area contributed by atoms with E-state index in [0.717, 1.165) is 27.8 Å². The maximum Gasteiger partial charge on any atom is 0.335 e. The molecule has 0 saturated carbocycles. The fraction of sp³-hybridized carbons (Fsp3) is 0.179. The second-order valence-corrected chi connectivity index (χ2v) is 10.0. The first-order valence-electron chi connectivity index (χ1n) is 11.7. The molecular formula is C28H24Br2N2O5. The van der Waals surface area contributed by atoms with E-state index in [1.165, 1.54) is 6.08 Å². The maximum atomic E-state index is 13.2. The summed E-state index contributed by atoms with van der Waals surface area (Å²) in [7, 11) is 0. The molecule has 0 unspecified atom stereocenters. The van der Waals surface area contributed by atoms with Gasteiger partial charge in [0.05, 0.1) is 16.8 Å². The summed E-state index contributed by atoms with van der Waals surface area (Å²) in [6, 6.07) is 18.8. The number of unbranched alkanes of at least 4 members (excludes halogenated alkanes) is 1. The molecule has 0 bridgehead atoms. The van der Waals surface area contributed by atoms with Gasteiger partial charge in [-0.2, -0.15) is 0 Å².